The number of carbonyl (C=O) groups is 1. The van der Waals surface area contributed by atoms with E-state index in [0.717, 1.165) is 0 Å². The molecule has 1 aliphatic heterocycles. The average Bonchev–Trinajstić information content (AvgIpc) is 3.46. The van der Waals surface area contributed by atoms with Gasteiger partial charge in [0.1, 0.15) is 24.1 Å². The summed E-state index contributed by atoms with van der Waals surface area (Å²) in [5.41, 5.74) is 0.770. The summed E-state index contributed by atoms with van der Waals surface area (Å²) in [4.78, 5) is 23.5. The van der Waals surface area contributed by atoms with Gasteiger partial charge >= 0.3 is 0 Å². The zero-order chi connectivity index (χ0) is 26.1. The van der Waals surface area contributed by atoms with Crippen LogP contribution in [0.15, 0.2) is 48.9 Å². The maximum Gasteiger partial charge on any atom is 0.243 e. The summed E-state index contributed by atoms with van der Waals surface area (Å²) in [5, 5.41) is 10.6. The molecule has 0 unspecified atom stereocenters. The van der Waals surface area contributed by atoms with E-state index in [2.05, 4.69) is 25.7 Å². The highest BCUT2D eigenvalue weighted by Crippen LogP contribution is 2.37. The zero-order valence-corrected chi connectivity index (χ0v) is 21.2. The minimum absolute atomic E-state index is 0.00129. The molecule has 1 saturated heterocycles. The summed E-state index contributed by atoms with van der Waals surface area (Å²) < 4.78 is 28.0. The lowest BCUT2D eigenvalue weighted by molar-refractivity contribution is -0.120. The Bertz CT molecular complexity index is 1460. The predicted octanol–water partition coefficient (Wildman–Crippen LogP) is 4.00. The van der Waals surface area contributed by atoms with Crippen LogP contribution in [0.25, 0.3) is 10.9 Å². The number of hydrogen-bond donors (Lipinski definition) is 2. The van der Waals surface area contributed by atoms with Crippen LogP contribution in [0.3, 0.4) is 0 Å². The number of carbonyl (C=O) groups excluding carboxylic acids is 1. The number of nitrogens with one attached hydrogen (secondary N) is 2. The normalized spacial score (nSPS) is 17.6. The van der Waals surface area contributed by atoms with Crippen LogP contribution in [0.5, 0.6) is 11.5 Å². The average molecular weight is 526 g/mol. The summed E-state index contributed by atoms with van der Waals surface area (Å²) >= 11 is 5.93. The van der Waals surface area contributed by atoms with Gasteiger partial charge in [-0.15, -0.1) is 0 Å². The molecule has 0 radical (unpaired) electrons. The van der Waals surface area contributed by atoms with E-state index >= 15 is 0 Å². The van der Waals surface area contributed by atoms with Crippen LogP contribution in [-0.4, -0.2) is 63.4 Å². The van der Waals surface area contributed by atoms with E-state index in [9.17, 15) is 9.18 Å². The van der Waals surface area contributed by atoms with Crippen molar-refractivity contribution in [2.75, 3.05) is 31.3 Å². The molecular weight excluding hydrogens is 501 g/mol. The second-order valence-corrected chi connectivity index (χ2v) is 9.14. The molecule has 37 heavy (non-hydrogen) atoms. The van der Waals surface area contributed by atoms with Crippen molar-refractivity contribution in [2.45, 2.75) is 18.6 Å². The van der Waals surface area contributed by atoms with Crippen molar-refractivity contribution >= 4 is 45.7 Å². The van der Waals surface area contributed by atoms with Crippen molar-refractivity contribution in [1.82, 2.24) is 24.6 Å². The molecule has 10 nitrogen and oxygen atoms in total. The van der Waals surface area contributed by atoms with Gasteiger partial charge in [-0.3, -0.25) is 14.4 Å². The van der Waals surface area contributed by atoms with Crippen LogP contribution in [-0.2, 0) is 11.8 Å². The monoisotopic (exact) mass is 525 g/mol. The fourth-order valence-electron chi connectivity index (χ4n) is 4.37. The third-order valence-electron chi connectivity index (χ3n) is 6.30. The maximum absolute atomic E-state index is 14.5. The van der Waals surface area contributed by atoms with Crippen LogP contribution in [0.4, 0.5) is 21.7 Å². The van der Waals surface area contributed by atoms with Crippen LogP contribution in [0.1, 0.15) is 6.42 Å². The molecule has 12 heteroatoms. The number of nitrogens with zero attached hydrogens (tertiary/aromatic N) is 5. The number of halogens is 2. The second kappa shape index (κ2) is 10.2. The lowest BCUT2D eigenvalue weighted by Gasteiger charge is -2.18. The van der Waals surface area contributed by atoms with Crippen LogP contribution in [0, 0.1) is 5.82 Å². The number of likely N-dealkylation sites (N-methyl/N-ethyl adjacent to an activating group) is 1. The van der Waals surface area contributed by atoms with E-state index in [1.165, 1.54) is 12.4 Å². The van der Waals surface area contributed by atoms with Crippen molar-refractivity contribution in [1.29, 1.82) is 0 Å². The predicted molar refractivity (Wildman–Crippen MR) is 138 cm³/mol. The quantitative estimate of drug-likeness (QED) is 0.373. The highest BCUT2D eigenvalue weighted by Gasteiger charge is 2.36. The second-order valence-electron chi connectivity index (χ2n) is 8.73. The third-order valence-corrected chi connectivity index (χ3v) is 6.60. The molecule has 0 saturated carbocycles. The number of methoxy groups -OCH3 is 1. The Kier molecular flexibility index (Phi) is 6.81. The Morgan fingerprint density at radius 3 is 2.78 bits per heavy atom. The highest BCUT2D eigenvalue weighted by atomic mass is 35.5. The molecule has 0 bridgehead atoms. The summed E-state index contributed by atoms with van der Waals surface area (Å²) in [6.45, 7) is 0.536. The topological polar surface area (TPSA) is 106 Å². The molecular formula is C25H25ClFN7O3. The Morgan fingerprint density at radius 2 is 2.03 bits per heavy atom. The smallest absolute Gasteiger partial charge is 0.243 e. The molecule has 2 atom stereocenters. The fraction of sp³-hybridized carbons (Fsp3) is 0.280. The van der Waals surface area contributed by atoms with Gasteiger partial charge in [-0.1, -0.05) is 17.7 Å². The number of hydrogen-bond acceptors (Lipinski definition) is 8. The Labute approximate surface area is 217 Å². The molecule has 0 spiro atoms. The van der Waals surface area contributed by atoms with Crippen molar-refractivity contribution < 1.29 is 18.7 Å². The summed E-state index contributed by atoms with van der Waals surface area (Å²) in [6.07, 6.45) is 3.21. The third kappa shape index (κ3) is 5.00. The minimum atomic E-state index is -0.578. The number of anilines is 3. The lowest BCUT2D eigenvalue weighted by Crippen LogP contribution is -2.37. The maximum atomic E-state index is 14.5. The Morgan fingerprint density at radius 1 is 1.19 bits per heavy atom. The van der Waals surface area contributed by atoms with Crippen molar-refractivity contribution in [3.05, 3.63) is 59.8 Å². The number of aryl methyl sites for hydroxylation is 1. The zero-order valence-electron chi connectivity index (χ0n) is 20.4. The SMILES string of the molecule is COc1cc2ncnc(Nc3cccc(Cl)c3F)c2cc1O[C@H]1C[C@H](C(=O)Nc2ccnn2C)N(C)C1. The summed E-state index contributed by atoms with van der Waals surface area (Å²) in [6, 6.07) is 9.54. The highest BCUT2D eigenvalue weighted by molar-refractivity contribution is 6.31. The van der Waals surface area contributed by atoms with E-state index in [1.807, 2.05) is 11.9 Å². The summed E-state index contributed by atoms with van der Waals surface area (Å²) in [5.74, 6) is 1.24. The first-order valence-corrected chi connectivity index (χ1v) is 11.9. The number of amides is 1. The van der Waals surface area contributed by atoms with Gasteiger partial charge in [0.15, 0.2) is 17.3 Å². The van der Waals surface area contributed by atoms with E-state index in [0.29, 0.717) is 47.0 Å². The van der Waals surface area contributed by atoms with Crippen LogP contribution >= 0.6 is 11.6 Å². The van der Waals surface area contributed by atoms with Crippen molar-refractivity contribution in [3.63, 3.8) is 0 Å². The van der Waals surface area contributed by atoms with Gasteiger partial charge < -0.3 is 20.1 Å². The van der Waals surface area contributed by atoms with E-state index in [-0.39, 0.29) is 28.8 Å². The molecule has 3 heterocycles. The molecule has 4 aromatic rings. The number of likely N-dealkylation sites (tertiary alicyclic amines) is 1. The van der Waals surface area contributed by atoms with Gasteiger partial charge in [-0.2, -0.15) is 5.10 Å². The van der Waals surface area contributed by atoms with Gasteiger partial charge in [0, 0.05) is 37.5 Å². The lowest BCUT2D eigenvalue weighted by atomic mass is 10.1. The Balaban J connectivity index is 1.39. The van der Waals surface area contributed by atoms with Gasteiger partial charge in [-0.25, -0.2) is 14.4 Å². The van der Waals surface area contributed by atoms with E-state index in [4.69, 9.17) is 21.1 Å². The number of fused-ring (bicyclic) bond motifs is 1. The van der Waals surface area contributed by atoms with Crippen molar-refractivity contribution in [2.24, 2.45) is 7.05 Å². The van der Waals surface area contributed by atoms with Crippen LogP contribution in [0.2, 0.25) is 5.02 Å². The van der Waals surface area contributed by atoms with E-state index < -0.39 is 5.82 Å². The molecule has 1 amide bonds. The number of benzene rings is 2. The minimum Gasteiger partial charge on any atom is -0.493 e. The number of ether oxygens (including phenoxy) is 2. The Hall–Kier alpha value is -3.96. The first-order valence-electron chi connectivity index (χ1n) is 11.5. The molecule has 192 valence electrons. The van der Waals surface area contributed by atoms with Gasteiger partial charge in [0.25, 0.3) is 0 Å². The van der Waals surface area contributed by atoms with Gasteiger partial charge in [0.2, 0.25) is 5.91 Å². The molecule has 5 rings (SSSR count). The molecule has 1 aliphatic rings. The van der Waals surface area contributed by atoms with Gasteiger partial charge in [0.05, 0.1) is 35.6 Å². The standard InChI is InChI=1S/C25H25ClFN7O3/c1-33-12-14(9-19(33)25(35)32-22-7-8-30-34(22)2)37-21-10-15-18(11-20(21)36-3)28-13-29-24(15)31-17-6-4-5-16(26)23(17)27/h4-8,10-11,13-14,19H,9,12H2,1-3H3,(H,32,35)(H,28,29,31)/t14-,19+/m0/s1. The molecule has 2 N–H and O–H groups in total. The summed E-state index contributed by atoms with van der Waals surface area (Å²) in [7, 11) is 5.18. The molecule has 1 fully saturated rings. The number of aromatic nitrogens is 4. The first kappa shape index (κ1) is 24.7. The number of rotatable bonds is 7. The van der Waals surface area contributed by atoms with E-state index in [1.54, 1.807) is 55.4 Å². The van der Waals surface area contributed by atoms with Crippen LogP contribution < -0.4 is 20.1 Å². The van der Waals surface area contributed by atoms with Gasteiger partial charge in [-0.05, 0) is 25.2 Å². The first-order chi connectivity index (χ1) is 17.8. The largest absolute Gasteiger partial charge is 0.493 e. The molecule has 0 aliphatic carbocycles. The van der Waals surface area contributed by atoms with Crippen molar-refractivity contribution in [3.8, 4) is 11.5 Å². The fourth-order valence-corrected chi connectivity index (χ4v) is 4.55. The molecule has 2 aromatic heterocycles. The molecule has 2 aromatic carbocycles.